The molecular formula is C7H6N2O2. The molecule has 0 saturated heterocycles. The Kier molecular flexibility index (Phi) is 1.03. The van der Waals surface area contributed by atoms with Crippen LogP contribution in [0.4, 0.5) is 0 Å². The maximum absolute atomic E-state index is 10.7. The van der Waals surface area contributed by atoms with Crippen LogP contribution in [-0.2, 0) is 0 Å². The van der Waals surface area contributed by atoms with Crippen LogP contribution in [0.5, 0.6) is 5.75 Å². The lowest BCUT2D eigenvalue weighted by molar-refractivity contribution is 0.481. The first-order valence-electron chi connectivity index (χ1n) is 3.16. The van der Waals surface area contributed by atoms with E-state index in [4.69, 9.17) is 5.11 Å². The number of rotatable bonds is 0. The molecular weight excluding hydrogens is 144 g/mol. The molecule has 0 aromatic carbocycles. The van der Waals surface area contributed by atoms with Crippen molar-refractivity contribution in [3.63, 3.8) is 0 Å². The van der Waals surface area contributed by atoms with Crippen molar-refractivity contribution in [2.24, 2.45) is 0 Å². The minimum Gasteiger partial charge on any atom is -0.506 e. The van der Waals surface area contributed by atoms with Crippen LogP contribution in [0.1, 0.15) is 0 Å². The van der Waals surface area contributed by atoms with Gasteiger partial charge in [0.15, 0.2) is 0 Å². The van der Waals surface area contributed by atoms with E-state index in [0.717, 1.165) is 0 Å². The second-order valence-corrected chi connectivity index (χ2v) is 2.30. The molecule has 2 aromatic rings. The van der Waals surface area contributed by atoms with Crippen molar-refractivity contribution in [2.45, 2.75) is 0 Å². The van der Waals surface area contributed by atoms with Crippen LogP contribution >= 0.6 is 0 Å². The number of nitrogens with one attached hydrogen (secondary N) is 2. The third kappa shape index (κ3) is 0.797. The molecule has 0 aliphatic rings. The van der Waals surface area contributed by atoms with Gasteiger partial charge in [-0.2, -0.15) is 0 Å². The molecule has 0 aliphatic carbocycles. The molecule has 0 amide bonds. The van der Waals surface area contributed by atoms with Crippen LogP contribution < -0.4 is 5.56 Å². The summed E-state index contributed by atoms with van der Waals surface area (Å²) < 4.78 is 0. The normalized spacial score (nSPS) is 10.5. The molecule has 0 atom stereocenters. The standard InChI is InChI=1S/C7H6N2O2/c10-6-3-8-5-1-7(11)9-2-4(5)6/h1-3,8,10H,(H,9,11). The fraction of sp³-hybridized carbons (Fsp3) is 0. The zero-order chi connectivity index (χ0) is 7.84. The van der Waals surface area contributed by atoms with Gasteiger partial charge in [0, 0.05) is 18.5 Å². The third-order valence-corrected chi connectivity index (χ3v) is 1.56. The Balaban J connectivity index is 2.96. The molecule has 0 saturated carbocycles. The van der Waals surface area contributed by atoms with E-state index < -0.39 is 0 Å². The Bertz CT molecular complexity index is 441. The molecule has 0 spiro atoms. The number of hydrogen-bond donors (Lipinski definition) is 3. The van der Waals surface area contributed by atoms with Crippen molar-refractivity contribution in [2.75, 3.05) is 0 Å². The summed E-state index contributed by atoms with van der Waals surface area (Å²) in [6.07, 6.45) is 2.92. The summed E-state index contributed by atoms with van der Waals surface area (Å²) in [5.41, 5.74) is 0.464. The van der Waals surface area contributed by atoms with Gasteiger partial charge in [-0.15, -0.1) is 0 Å². The quantitative estimate of drug-likeness (QED) is 0.513. The highest BCUT2D eigenvalue weighted by Crippen LogP contribution is 2.20. The summed E-state index contributed by atoms with van der Waals surface area (Å²) >= 11 is 0. The van der Waals surface area contributed by atoms with E-state index in [2.05, 4.69) is 9.97 Å². The van der Waals surface area contributed by atoms with Gasteiger partial charge in [-0.1, -0.05) is 0 Å². The molecule has 11 heavy (non-hydrogen) atoms. The van der Waals surface area contributed by atoms with Crippen molar-refractivity contribution < 1.29 is 5.11 Å². The summed E-state index contributed by atoms with van der Waals surface area (Å²) in [6, 6.07) is 1.40. The van der Waals surface area contributed by atoms with Gasteiger partial charge in [0.25, 0.3) is 0 Å². The lowest BCUT2D eigenvalue weighted by Gasteiger charge is -1.86. The van der Waals surface area contributed by atoms with Gasteiger partial charge >= 0.3 is 0 Å². The predicted octanol–water partition coefficient (Wildman–Crippen LogP) is 0.562. The Labute approximate surface area is 61.5 Å². The van der Waals surface area contributed by atoms with Gasteiger partial charge in [-0.3, -0.25) is 4.79 Å². The molecule has 3 N–H and O–H groups in total. The fourth-order valence-electron chi connectivity index (χ4n) is 1.03. The molecule has 4 heteroatoms. The van der Waals surface area contributed by atoms with Gasteiger partial charge in [-0.25, -0.2) is 0 Å². The molecule has 4 nitrogen and oxygen atoms in total. The van der Waals surface area contributed by atoms with E-state index >= 15 is 0 Å². The number of hydrogen-bond acceptors (Lipinski definition) is 2. The second-order valence-electron chi connectivity index (χ2n) is 2.30. The minimum atomic E-state index is -0.181. The molecule has 2 aromatic heterocycles. The van der Waals surface area contributed by atoms with Crippen LogP contribution in [0.2, 0.25) is 0 Å². The second kappa shape index (κ2) is 1.88. The molecule has 2 heterocycles. The predicted molar refractivity (Wildman–Crippen MR) is 40.6 cm³/mol. The first-order chi connectivity index (χ1) is 5.27. The van der Waals surface area contributed by atoms with E-state index in [1.807, 2.05) is 0 Å². The molecule has 0 aliphatic heterocycles. The highest BCUT2D eigenvalue weighted by atomic mass is 16.3. The molecule has 56 valence electrons. The van der Waals surface area contributed by atoms with E-state index in [1.165, 1.54) is 18.5 Å². The number of aromatic amines is 2. The molecule has 0 radical (unpaired) electrons. The zero-order valence-corrected chi connectivity index (χ0v) is 5.59. The number of aromatic nitrogens is 2. The SMILES string of the molecule is O=c1cc2[nH]cc(O)c2c[nH]1. The largest absolute Gasteiger partial charge is 0.506 e. The fourth-order valence-corrected chi connectivity index (χ4v) is 1.03. The average molecular weight is 150 g/mol. The minimum absolute atomic E-state index is 0.149. The van der Waals surface area contributed by atoms with Gasteiger partial charge in [-0.05, 0) is 0 Å². The average Bonchev–Trinajstić information content (AvgIpc) is 2.32. The van der Waals surface area contributed by atoms with E-state index in [1.54, 1.807) is 0 Å². The highest BCUT2D eigenvalue weighted by molar-refractivity contribution is 5.84. The maximum atomic E-state index is 10.7. The lowest BCUT2D eigenvalue weighted by Crippen LogP contribution is -2.00. The molecule has 0 fully saturated rings. The Morgan fingerprint density at radius 3 is 2.91 bits per heavy atom. The summed E-state index contributed by atoms with van der Waals surface area (Å²) in [5, 5.41) is 9.78. The topological polar surface area (TPSA) is 68.9 Å². The van der Waals surface area contributed by atoms with Crippen molar-refractivity contribution in [3.05, 3.63) is 28.8 Å². The summed E-state index contributed by atoms with van der Waals surface area (Å²) in [7, 11) is 0. The zero-order valence-electron chi connectivity index (χ0n) is 5.59. The monoisotopic (exact) mass is 150 g/mol. The maximum Gasteiger partial charge on any atom is 0.250 e. The van der Waals surface area contributed by atoms with Crippen LogP contribution in [0, 0.1) is 0 Å². The number of aromatic hydroxyl groups is 1. The summed E-state index contributed by atoms with van der Waals surface area (Å²) in [4.78, 5) is 16.0. The van der Waals surface area contributed by atoms with E-state index in [9.17, 15) is 4.79 Å². The summed E-state index contributed by atoms with van der Waals surface area (Å²) in [5.74, 6) is 0.149. The van der Waals surface area contributed by atoms with E-state index in [0.29, 0.717) is 10.9 Å². The summed E-state index contributed by atoms with van der Waals surface area (Å²) in [6.45, 7) is 0. The molecule has 2 rings (SSSR count). The lowest BCUT2D eigenvalue weighted by atomic mass is 10.3. The number of pyridine rings is 1. The smallest absolute Gasteiger partial charge is 0.250 e. The first-order valence-corrected chi connectivity index (χ1v) is 3.16. The molecule has 0 unspecified atom stereocenters. The number of H-pyrrole nitrogens is 2. The first kappa shape index (κ1) is 6.03. The van der Waals surface area contributed by atoms with Crippen LogP contribution in [0.25, 0.3) is 10.9 Å². The Hall–Kier alpha value is -1.71. The van der Waals surface area contributed by atoms with Crippen molar-refractivity contribution in [1.82, 2.24) is 9.97 Å². The number of fused-ring (bicyclic) bond motifs is 1. The van der Waals surface area contributed by atoms with Crippen LogP contribution in [0.15, 0.2) is 23.3 Å². The molecule has 0 bridgehead atoms. The Morgan fingerprint density at radius 1 is 1.27 bits per heavy atom. The van der Waals surface area contributed by atoms with Gasteiger partial charge in [0.05, 0.1) is 10.9 Å². The van der Waals surface area contributed by atoms with Crippen molar-refractivity contribution >= 4 is 10.9 Å². The van der Waals surface area contributed by atoms with Crippen molar-refractivity contribution in [1.29, 1.82) is 0 Å². The highest BCUT2D eigenvalue weighted by Gasteiger charge is 1.99. The van der Waals surface area contributed by atoms with Gasteiger partial charge in [0.1, 0.15) is 5.75 Å². The van der Waals surface area contributed by atoms with Crippen LogP contribution in [-0.4, -0.2) is 15.1 Å². The van der Waals surface area contributed by atoms with Crippen LogP contribution in [0.3, 0.4) is 0 Å². The van der Waals surface area contributed by atoms with E-state index in [-0.39, 0.29) is 11.3 Å². The Morgan fingerprint density at radius 2 is 2.09 bits per heavy atom. The van der Waals surface area contributed by atoms with Gasteiger partial charge < -0.3 is 15.1 Å². The van der Waals surface area contributed by atoms with Crippen molar-refractivity contribution in [3.8, 4) is 5.75 Å². The third-order valence-electron chi connectivity index (χ3n) is 1.56. The van der Waals surface area contributed by atoms with Gasteiger partial charge in [0.2, 0.25) is 5.56 Å².